The molecule has 6 heteroatoms. The molecule has 0 radical (unpaired) electrons. The number of piperazine rings is 1. The number of ether oxygens (including phenoxy) is 2. The van der Waals surface area contributed by atoms with Crippen molar-refractivity contribution in [1.82, 2.24) is 9.80 Å². The van der Waals surface area contributed by atoms with Gasteiger partial charge in [-0.15, -0.1) is 0 Å². The monoisotopic (exact) mass is 500 g/mol. The molecule has 3 aromatic rings. The number of hydrogen-bond acceptors (Lipinski definition) is 6. The lowest BCUT2D eigenvalue weighted by Crippen LogP contribution is -2.43. The normalized spacial score (nSPS) is 17.1. The van der Waals surface area contributed by atoms with E-state index in [1.54, 1.807) is 7.11 Å². The highest BCUT2D eigenvalue weighted by Gasteiger charge is 2.15. The second-order valence-electron chi connectivity index (χ2n) is 10.2. The zero-order chi connectivity index (χ0) is 25.5. The Morgan fingerprint density at radius 3 is 2.14 bits per heavy atom. The number of nitrogens with zero attached hydrogens (tertiary/aromatic N) is 4. The van der Waals surface area contributed by atoms with Crippen LogP contribution in [-0.2, 0) is 24.4 Å². The summed E-state index contributed by atoms with van der Waals surface area (Å²) in [6, 6.07) is 26.6. The standard InChI is InChI=1S/C31H40N4O2/c1-32-14-16-33(17-15-32)23-26-6-12-30(13-7-26)35(25-28-4-3-5-31(22-28)36-2)24-27-8-10-29(11-9-27)34-18-20-37-21-19-34/h3-13,22H,14-21,23-25H2,1-2H3. The van der Waals surface area contributed by atoms with Gasteiger partial charge in [0.1, 0.15) is 5.75 Å². The Bertz CT molecular complexity index is 1100. The summed E-state index contributed by atoms with van der Waals surface area (Å²) in [5, 5.41) is 0. The fourth-order valence-corrected chi connectivity index (χ4v) is 5.16. The number of hydrogen-bond donors (Lipinski definition) is 0. The molecule has 0 bridgehead atoms. The van der Waals surface area contributed by atoms with E-state index in [0.717, 1.165) is 77.9 Å². The molecule has 2 aliphatic rings. The van der Waals surface area contributed by atoms with Crippen molar-refractivity contribution in [1.29, 1.82) is 0 Å². The van der Waals surface area contributed by atoms with Gasteiger partial charge in [-0.1, -0.05) is 36.4 Å². The van der Waals surface area contributed by atoms with Crippen LogP contribution in [0.25, 0.3) is 0 Å². The van der Waals surface area contributed by atoms with E-state index in [0.29, 0.717) is 0 Å². The number of morpholine rings is 1. The predicted octanol–water partition coefficient (Wildman–Crippen LogP) is 4.49. The highest BCUT2D eigenvalue weighted by atomic mass is 16.5. The lowest BCUT2D eigenvalue weighted by Gasteiger charge is -2.32. The van der Waals surface area contributed by atoms with Gasteiger partial charge in [0.15, 0.2) is 0 Å². The molecule has 2 heterocycles. The molecule has 0 saturated carbocycles. The highest BCUT2D eigenvalue weighted by Crippen LogP contribution is 2.25. The SMILES string of the molecule is COc1cccc(CN(Cc2ccc(N3CCOCC3)cc2)c2ccc(CN3CCN(C)CC3)cc2)c1. The van der Waals surface area contributed by atoms with Gasteiger partial charge in [0.2, 0.25) is 0 Å². The van der Waals surface area contributed by atoms with Crippen molar-refractivity contribution in [2.24, 2.45) is 0 Å². The zero-order valence-electron chi connectivity index (χ0n) is 22.3. The zero-order valence-corrected chi connectivity index (χ0v) is 22.3. The van der Waals surface area contributed by atoms with Crippen molar-refractivity contribution in [3.8, 4) is 5.75 Å². The molecule has 196 valence electrons. The Morgan fingerprint density at radius 1 is 0.757 bits per heavy atom. The van der Waals surface area contributed by atoms with Crippen LogP contribution in [-0.4, -0.2) is 76.4 Å². The van der Waals surface area contributed by atoms with Crippen LogP contribution in [0, 0.1) is 0 Å². The van der Waals surface area contributed by atoms with Gasteiger partial charge in [-0.3, -0.25) is 4.90 Å². The van der Waals surface area contributed by atoms with Gasteiger partial charge in [-0.05, 0) is 60.1 Å². The van der Waals surface area contributed by atoms with Crippen LogP contribution in [0.3, 0.4) is 0 Å². The van der Waals surface area contributed by atoms with E-state index in [-0.39, 0.29) is 0 Å². The Labute approximate surface area is 222 Å². The van der Waals surface area contributed by atoms with Crippen molar-refractivity contribution in [2.45, 2.75) is 19.6 Å². The number of methoxy groups -OCH3 is 1. The van der Waals surface area contributed by atoms with Gasteiger partial charge < -0.3 is 24.2 Å². The molecule has 0 aromatic heterocycles. The fourth-order valence-electron chi connectivity index (χ4n) is 5.16. The number of rotatable bonds is 9. The van der Waals surface area contributed by atoms with Crippen molar-refractivity contribution in [2.75, 3.05) is 76.4 Å². The first-order valence-corrected chi connectivity index (χ1v) is 13.5. The van der Waals surface area contributed by atoms with Crippen LogP contribution in [0.2, 0.25) is 0 Å². The van der Waals surface area contributed by atoms with Crippen LogP contribution in [0.5, 0.6) is 5.75 Å². The first-order valence-electron chi connectivity index (χ1n) is 13.5. The fraction of sp³-hybridized carbons (Fsp3) is 0.419. The summed E-state index contributed by atoms with van der Waals surface area (Å²) in [4.78, 5) is 9.82. The largest absolute Gasteiger partial charge is 0.497 e. The Kier molecular flexibility index (Phi) is 8.61. The van der Waals surface area contributed by atoms with Gasteiger partial charge in [-0.25, -0.2) is 0 Å². The molecule has 0 amide bonds. The van der Waals surface area contributed by atoms with Gasteiger partial charge >= 0.3 is 0 Å². The molecule has 2 fully saturated rings. The first-order chi connectivity index (χ1) is 18.2. The van der Waals surface area contributed by atoms with Crippen LogP contribution in [0.15, 0.2) is 72.8 Å². The van der Waals surface area contributed by atoms with Crippen molar-refractivity contribution in [3.05, 3.63) is 89.5 Å². The summed E-state index contributed by atoms with van der Waals surface area (Å²) in [5.41, 5.74) is 6.44. The maximum atomic E-state index is 5.51. The van der Waals surface area contributed by atoms with E-state index in [1.165, 1.54) is 28.1 Å². The van der Waals surface area contributed by atoms with E-state index in [1.807, 2.05) is 6.07 Å². The maximum Gasteiger partial charge on any atom is 0.119 e. The third-order valence-corrected chi connectivity index (χ3v) is 7.50. The molecule has 0 spiro atoms. The molecule has 5 rings (SSSR count). The van der Waals surface area contributed by atoms with Gasteiger partial charge in [0.05, 0.1) is 20.3 Å². The molecular weight excluding hydrogens is 460 g/mol. The number of likely N-dealkylation sites (N-methyl/N-ethyl adjacent to an activating group) is 1. The molecule has 37 heavy (non-hydrogen) atoms. The molecule has 0 N–H and O–H groups in total. The molecule has 3 aromatic carbocycles. The first kappa shape index (κ1) is 25.6. The Balaban J connectivity index is 1.31. The number of benzene rings is 3. The molecule has 2 saturated heterocycles. The van der Waals surface area contributed by atoms with E-state index in [9.17, 15) is 0 Å². The van der Waals surface area contributed by atoms with Crippen molar-refractivity contribution in [3.63, 3.8) is 0 Å². The molecule has 0 unspecified atom stereocenters. The average molecular weight is 501 g/mol. The lowest BCUT2D eigenvalue weighted by atomic mass is 10.1. The number of anilines is 2. The molecule has 6 nitrogen and oxygen atoms in total. The second-order valence-corrected chi connectivity index (χ2v) is 10.2. The topological polar surface area (TPSA) is 31.4 Å². The maximum absolute atomic E-state index is 5.51. The van der Waals surface area contributed by atoms with Crippen molar-refractivity contribution < 1.29 is 9.47 Å². The van der Waals surface area contributed by atoms with Gasteiger partial charge in [-0.2, -0.15) is 0 Å². The summed E-state index contributed by atoms with van der Waals surface area (Å²) in [6.45, 7) is 10.8. The van der Waals surface area contributed by atoms with Gasteiger partial charge in [0.25, 0.3) is 0 Å². The van der Waals surface area contributed by atoms with Gasteiger partial charge in [0, 0.05) is 70.3 Å². The third-order valence-electron chi connectivity index (χ3n) is 7.50. The predicted molar refractivity (Wildman–Crippen MR) is 152 cm³/mol. The third kappa shape index (κ3) is 7.04. The van der Waals surface area contributed by atoms with Crippen LogP contribution in [0.4, 0.5) is 11.4 Å². The highest BCUT2D eigenvalue weighted by molar-refractivity contribution is 5.51. The van der Waals surface area contributed by atoms with Crippen LogP contribution in [0.1, 0.15) is 16.7 Å². The van der Waals surface area contributed by atoms with E-state index in [4.69, 9.17) is 9.47 Å². The molecule has 2 aliphatic heterocycles. The molecular formula is C31H40N4O2. The lowest BCUT2D eigenvalue weighted by molar-refractivity contribution is 0.122. The summed E-state index contributed by atoms with van der Waals surface area (Å²) in [6.07, 6.45) is 0. The Hall–Kier alpha value is -3.06. The van der Waals surface area contributed by atoms with E-state index < -0.39 is 0 Å². The molecule has 0 aliphatic carbocycles. The van der Waals surface area contributed by atoms with Crippen LogP contribution < -0.4 is 14.5 Å². The smallest absolute Gasteiger partial charge is 0.119 e. The quantitative estimate of drug-likeness (QED) is 0.431. The summed E-state index contributed by atoms with van der Waals surface area (Å²) in [5.74, 6) is 0.898. The summed E-state index contributed by atoms with van der Waals surface area (Å²) < 4.78 is 11.0. The summed E-state index contributed by atoms with van der Waals surface area (Å²) >= 11 is 0. The van der Waals surface area contributed by atoms with E-state index in [2.05, 4.69) is 93.4 Å². The minimum atomic E-state index is 0.806. The Morgan fingerprint density at radius 2 is 1.43 bits per heavy atom. The molecule has 0 atom stereocenters. The minimum Gasteiger partial charge on any atom is -0.497 e. The van der Waals surface area contributed by atoms with Crippen LogP contribution >= 0.6 is 0 Å². The second kappa shape index (κ2) is 12.5. The average Bonchev–Trinajstić information content (AvgIpc) is 2.95. The van der Waals surface area contributed by atoms with E-state index >= 15 is 0 Å². The minimum absolute atomic E-state index is 0.806. The van der Waals surface area contributed by atoms with Crippen molar-refractivity contribution >= 4 is 11.4 Å². The summed E-state index contributed by atoms with van der Waals surface area (Å²) in [7, 11) is 3.94.